The molecule has 1 aliphatic rings. The Morgan fingerprint density at radius 2 is 1.68 bits per heavy atom. The van der Waals surface area contributed by atoms with Crippen LogP contribution in [0.5, 0.6) is 11.5 Å². The highest BCUT2D eigenvalue weighted by atomic mass is 16.5. The van der Waals surface area contributed by atoms with Gasteiger partial charge in [-0.25, -0.2) is 0 Å². The molecule has 1 atom stereocenters. The van der Waals surface area contributed by atoms with Gasteiger partial charge >= 0.3 is 0 Å². The molecule has 0 amide bonds. The third-order valence-electron chi connectivity index (χ3n) is 4.53. The smallest absolute Gasteiger partial charge is 0.130 e. The number of nitrogens with zero attached hydrogens (tertiary/aromatic N) is 1. The maximum absolute atomic E-state index is 5.55. The van der Waals surface area contributed by atoms with Gasteiger partial charge in [0.25, 0.3) is 0 Å². The average Bonchev–Trinajstić information content (AvgIpc) is 2.97. The van der Waals surface area contributed by atoms with Crippen LogP contribution in [-0.4, -0.2) is 33.2 Å². The van der Waals surface area contributed by atoms with E-state index in [4.69, 9.17) is 9.47 Å². The minimum absolute atomic E-state index is 0.496. The van der Waals surface area contributed by atoms with Gasteiger partial charge < -0.3 is 14.4 Å². The largest absolute Gasteiger partial charge is 0.496 e. The van der Waals surface area contributed by atoms with Crippen molar-refractivity contribution in [2.24, 2.45) is 0 Å². The summed E-state index contributed by atoms with van der Waals surface area (Å²) < 4.78 is 11.1. The topological polar surface area (TPSA) is 21.7 Å². The van der Waals surface area contributed by atoms with Crippen molar-refractivity contribution < 1.29 is 9.47 Å². The minimum atomic E-state index is 0.496. The van der Waals surface area contributed by atoms with Crippen LogP contribution >= 0.6 is 0 Å². The van der Waals surface area contributed by atoms with Gasteiger partial charge in [-0.2, -0.15) is 0 Å². The number of rotatable bonds is 4. The number of ether oxygens (including phenoxy) is 2. The van der Waals surface area contributed by atoms with E-state index in [-0.39, 0.29) is 0 Å². The van der Waals surface area contributed by atoms with Crippen LogP contribution in [0.3, 0.4) is 0 Å². The molecule has 3 rings (SSSR count). The van der Waals surface area contributed by atoms with E-state index >= 15 is 0 Å². The van der Waals surface area contributed by atoms with Crippen molar-refractivity contribution in [1.29, 1.82) is 0 Å². The van der Waals surface area contributed by atoms with Crippen LogP contribution in [0, 0.1) is 0 Å². The molecule has 0 aromatic heterocycles. The van der Waals surface area contributed by atoms with Gasteiger partial charge in [0.1, 0.15) is 11.5 Å². The van der Waals surface area contributed by atoms with Gasteiger partial charge in [0.15, 0.2) is 0 Å². The van der Waals surface area contributed by atoms with Crippen molar-refractivity contribution in [2.75, 3.05) is 28.3 Å². The van der Waals surface area contributed by atoms with Crippen LogP contribution in [0.1, 0.15) is 23.6 Å². The maximum Gasteiger partial charge on any atom is 0.130 e. The number of fused-ring (bicyclic) bond motifs is 1. The van der Waals surface area contributed by atoms with Crippen LogP contribution in [0.25, 0.3) is 11.1 Å². The van der Waals surface area contributed by atoms with E-state index in [1.165, 1.54) is 17.5 Å². The average molecular weight is 297 g/mol. The Labute approximate surface area is 132 Å². The molecule has 0 fully saturated rings. The highest BCUT2D eigenvalue weighted by Gasteiger charge is 2.25. The second-order valence-corrected chi connectivity index (χ2v) is 5.97. The molecule has 116 valence electrons. The predicted molar refractivity (Wildman–Crippen MR) is 89.7 cm³/mol. The summed E-state index contributed by atoms with van der Waals surface area (Å²) in [7, 11) is 7.70. The van der Waals surface area contributed by atoms with Gasteiger partial charge in [-0.05, 0) is 61.8 Å². The molecule has 0 N–H and O–H groups in total. The summed E-state index contributed by atoms with van der Waals surface area (Å²) in [4.78, 5) is 2.30. The van der Waals surface area contributed by atoms with E-state index < -0.39 is 0 Å². The zero-order chi connectivity index (χ0) is 15.7. The first-order chi connectivity index (χ1) is 10.7. The van der Waals surface area contributed by atoms with E-state index in [0.29, 0.717) is 6.04 Å². The second kappa shape index (κ2) is 6.01. The highest BCUT2D eigenvalue weighted by molar-refractivity contribution is 5.77. The molecule has 3 nitrogen and oxygen atoms in total. The van der Waals surface area contributed by atoms with Gasteiger partial charge in [0.2, 0.25) is 0 Å². The number of hydrogen-bond acceptors (Lipinski definition) is 3. The predicted octanol–water partition coefficient (Wildman–Crippen LogP) is 3.92. The molecule has 3 heteroatoms. The Bertz CT molecular complexity index is 657. The van der Waals surface area contributed by atoms with Crippen molar-refractivity contribution >= 4 is 0 Å². The lowest BCUT2D eigenvalue weighted by molar-refractivity contribution is 0.299. The third kappa shape index (κ3) is 2.46. The minimum Gasteiger partial charge on any atom is -0.496 e. The van der Waals surface area contributed by atoms with Gasteiger partial charge in [0, 0.05) is 6.04 Å². The maximum atomic E-state index is 5.55. The van der Waals surface area contributed by atoms with Gasteiger partial charge in [-0.15, -0.1) is 0 Å². The Morgan fingerprint density at radius 3 is 2.27 bits per heavy atom. The fourth-order valence-corrected chi connectivity index (χ4v) is 3.41. The highest BCUT2D eigenvalue weighted by Crippen LogP contribution is 2.42. The number of aryl methyl sites for hydroxylation is 1. The molecule has 0 aliphatic heterocycles. The van der Waals surface area contributed by atoms with Gasteiger partial charge in [-0.3, -0.25) is 0 Å². The molecule has 0 bridgehead atoms. The molecular formula is C19H23NO2. The molecule has 0 heterocycles. The molecule has 0 saturated carbocycles. The first-order valence-corrected chi connectivity index (χ1v) is 7.66. The van der Waals surface area contributed by atoms with Crippen molar-refractivity contribution in [1.82, 2.24) is 4.90 Å². The number of hydrogen-bond donors (Lipinski definition) is 0. The molecule has 22 heavy (non-hydrogen) atoms. The number of benzene rings is 2. The van der Waals surface area contributed by atoms with E-state index in [9.17, 15) is 0 Å². The molecule has 0 spiro atoms. The Morgan fingerprint density at radius 1 is 1.00 bits per heavy atom. The fraction of sp³-hybridized carbons (Fsp3) is 0.368. The van der Waals surface area contributed by atoms with Crippen molar-refractivity contribution in [3.8, 4) is 22.6 Å². The zero-order valence-corrected chi connectivity index (χ0v) is 13.7. The van der Waals surface area contributed by atoms with Crippen molar-refractivity contribution in [2.45, 2.75) is 18.9 Å². The summed E-state index contributed by atoms with van der Waals surface area (Å²) in [5.41, 5.74) is 5.06. The molecule has 1 unspecified atom stereocenters. The number of methoxy groups -OCH3 is 2. The molecule has 2 aromatic rings. The summed E-state index contributed by atoms with van der Waals surface area (Å²) >= 11 is 0. The van der Waals surface area contributed by atoms with Gasteiger partial charge in [0.05, 0.1) is 19.8 Å². The zero-order valence-electron chi connectivity index (χ0n) is 13.7. The molecular weight excluding hydrogens is 274 g/mol. The van der Waals surface area contributed by atoms with Gasteiger partial charge in [-0.1, -0.05) is 18.2 Å². The first-order valence-electron chi connectivity index (χ1n) is 7.66. The Kier molecular flexibility index (Phi) is 4.08. The molecule has 0 saturated heterocycles. The lowest BCUT2D eigenvalue weighted by Gasteiger charge is -2.21. The summed E-state index contributed by atoms with van der Waals surface area (Å²) in [6.45, 7) is 0. The Balaban J connectivity index is 2.13. The van der Waals surface area contributed by atoms with Crippen LogP contribution in [-0.2, 0) is 6.42 Å². The van der Waals surface area contributed by atoms with Crippen LogP contribution < -0.4 is 9.47 Å². The molecule has 0 radical (unpaired) electrons. The quantitative estimate of drug-likeness (QED) is 0.854. The van der Waals surface area contributed by atoms with Crippen molar-refractivity contribution in [3.05, 3.63) is 47.5 Å². The second-order valence-electron chi connectivity index (χ2n) is 5.97. The standard InChI is InChI=1S/C19H23NO2/c1-20(2)16-11-10-13-8-9-14(12-15(13)16)19-17(21-3)6-5-7-18(19)22-4/h5-9,12,16H,10-11H2,1-4H3. The van der Waals surface area contributed by atoms with Crippen LogP contribution in [0.15, 0.2) is 36.4 Å². The SMILES string of the molecule is COc1cccc(OC)c1-c1ccc2c(c1)C(N(C)C)CC2. The van der Waals surface area contributed by atoms with E-state index in [2.05, 4.69) is 37.2 Å². The Hall–Kier alpha value is -2.00. The lowest BCUT2D eigenvalue weighted by atomic mass is 9.97. The van der Waals surface area contributed by atoms with Crippen molar-refractivity contribution in [3.63, 3.8) is 0 Å². The third-order valence-corrected chi connectivity index (χ3v) is 4.53. The monoisotopic (exact) mass is 297 g/mol. The fourth-order valence-electron chi connectivity index (χ4n) is 3.41. The summed E-state index contributed by atoms with van der Waals surface area (Å²) in [5, 5.41) is 0. The molecule has 1 aliphatic carbocycles. The molecule has 2 aromatic carbocycles. The van der Waals surface area contributed by atoms with E-state index in [1.807, 2.05) is 18.2 Å². The van der Waals surface area contributed by atoms with Crippen LogP contribution in [0.2, 0.25) is 0 Å². The summed E-state index contributed by atoms with van der Waals surface area (Å²) in [6.07, 6.45) is 2.34. The van der Waals surface area contributed by atoms with E-state index in [0.717, 1.165) is 29.0 Å². The summed E-state index contributed by atoms with van der Waals surface area (Å²) in [5.74, 6) is 1.69. The first kappa shape index (κ1) is 14.9. The normalized spacial score (nSPS) is 16.7. The summed E-state index contributed by atoms with van der Waals surface area (Å²) in [6, 6.07) is 13.1. The lowest BCUT2D eigenvalue weighted by Crippen LogP contribution is -2.17. The van der Waals surface area contributed by atoms with E-state index in [1.54, 1.807) is 14.2 Å². The van der Waals surface area contributed by atoms with Crippen LogP contribution in [0.4, 0.5) is 0 Å².